The summed E-state index contributed by atoms with van der Waals surface area (Å²) in [6, 6.07) is 19.5. The van der Waals surface area contributed by atoms with Crippen LogP contribution in [0.15, 0.2) is 66.7 Å². The molecule has 0 saturated carbocycles. The van der Waals surface area contributed by atoms with Crippen molar-refractivity contribution in [3.63, 3.8) is 0 Å². The number of benzene rings is 3. The summed E-state index contributed by atoms with van der Waals surface area (Å²) in [7, 11) is -3.19. The van der Waals surface area contributed by atoms with Crippen LogP contribution in [-0.2, 0) is 21.2 Å². The third-order valence-corrected chi connectivity index (χ3v) is 8.58. The second-order valence-corrected chi connectivity index (χ2v) is 12.0. The Morgan fingerprint density at radius 2 is 1.74 bits per heavy atom. The molecule has 0 N–H and O–H groups in total. The lowest BCUT2D eigenvalue weighted by Crippen LogP contribution is -2.46. The van der Waals surface area contributed by atoms with Crippen molar-refractivity contribution in [2.75, 3.05) is 11.5 Å². The van der Waals surface area contributed by atoms with E-state index in [9.17, 15) is 13.2 Å². The van der Waals surface area contributed by atoms with Crippen molar-refractivity contribution in [3.8, 4) is 16.9 Å². The normalized spacial score (nSPS) is 17.7. The fourth-order valence-electron chi connectivity index (χ4n) is 4.13. The monoisotopic (exact) mass is 551 g/mol. The van der Waals surface area contributed by atoms with Crippen molar-refractivity contribution >= 4 is 50.5 Å². The maximum atomic E-state index is 13.5. The summed E-state index contributed by atoms with van der Waals surface area (Å²) in [6.45, 7) is 1.90. The van der Waals surface area contributed by atoms with Crippen LogP contribution in [0.1, 0.15) is 18.9 Å². The maximum Gasteiger partial charge on any atom is 0.263 e. The van der Waals surface area contributed by atoms with Gasteiger partial charge in [-0.3, -0.25) is 4.79 Å². The van der Waals surface area contributed by atoms with Crippen LogP contribution in [0.5, 0.6) is 5.75 Å². The Hall–Kier alpha value is -2.25. The predicted molar refractivity (Wildman–Crippen MR) is 141 cm³/mol. The summed E-state index contributed by atoms with van der Waals surface area (Å²) in [5.74, 6) is 0.112. The summed E-state index contributed by atoms with van der Waals surface area (Å²) in [5.41, 5.74) is 2.62. The van der Waals surface area contributed by atoms with Crippen LogP contribution in [0.3, 0.4) is 0 Å². The van der Waals surface area contributed by atoms with Gasteiger partial charge in [0, 0.05) is 28.2 Å². The number of carbonyl (C=O) groups excluding carboxylic acids is 1. The van der Waals surface area contributed by atoms with Crippen LogP contribution in [0.2, 0.25) is 15.1 Å². The summed E-state index contributed by atoms with van der Waals surface area (Å²) in [6.07, 6.45) is -0.448. The van der Waals surface area contributed by atoms with Crippen LogP contribution >= 0.6 is 34.8 Å². The molecule has 3 aromatic rings. The summed E-state index contributed by atoms with van der Waals surface area (Å²) < 4.78 is 30.2. The molecule has 2 unspecified atom stereocenters. The van der Waals surface area contributed by atoms with Crippen LogP contribution < -0.4 is 4.74 Å². The molecule has 0 bridgehead atoms. The van der Waals surface area contributed by atoms with Gasteiger partial charge in [0.15, 0.2) is 15.9 Å². The van der Waals surface area contributed by atoms with Gasteiger partial charge in [-0.15, -0.1) is 0 Å². The number of hydrogen-bond donors (Lipinski definition) is 0. The van der Waals surface area contributed by atoms with E-state index in [1.165, 1.54) is 0 Å². The number of ether oxygens (including phenoxy) is 1. The average molecular weight is 553 g/mol. The summed E-state index contributed by atoms with van der Waals surface area (Å²) in [4.78, 5) is 15.1. The highest BCUT2D eigenvalue weighted by Crippen LogP contribution is 2.31. The molecule has 35 heavy (non-hydrogen) atoms. The smallest absolute Gasteiger partial charge is 0.263 e. The fourth-order valence-corrected chi connectivity index (χ4v) is 6.56. The van der Waals surface area contributed by atoms with Gasteiger partial charge in [-0.05, 0) is 48.7 Å². The Labute approximate surface area is 220 Å². The van der Waals surface area contributed by atoms with Crippen molar-refractivity contribution in [2.24, 2.45) is 0 Å². The van der Waals surface area contributed by atoms with Gasteiger partial charge in [0.2, 0.25) is 0 Å². The second kappa shape index (κ2) is 10.8. The molecule has 0 radical (unpaired) electrons. The molecular formula is C26H24Cl3NO4S. The van der Waals surface area contributed by atoms with E-state index in [2.05, 4.69) is 0 Å². The Morgan fingerprint density at radius 1 is 1.03 bits per heavy atom. The first-order chi connectivity index (χ1) is 16.6. The molecule has 1 aliphatic rings. The maximum absolute atomic E-state index is 13.5. The van der Waals surface area contributed by atoms with E-state index < -0.39 is 22.0 Å². The molecule has 0 aromatic heterocycles. The Morgan fingerprint density at radius 3 is 2.37 bits per heavy atom. The molecule has 0 aliphatic carbocycles. The van der Waals surface area contributed by atoms with E-state index in [0.717, 1.165) is 16.7 Å². The number of rotatable bonds is 7. The number of nitrogens with zero attached hydrogens (tertiary/aromatic N) is 1. The molecule has 1 saturated heterocycles. The topological polar surface area (TPSA) is 63.7 Å². The Balaban J connectivity index is 1.56. The predicted octanol–water partition coefficient (Wildman–Crippen LogP) is 6.30. The molecular weight excluding hydrogens is 529 g/mol. The largest absolute Gasteiger partial charge is 0.479 e. The highest BCUT2D eigenvalue weighted by Gasteiger charge is 2.36. The quantitative estimate of drug-likeness (QED) is 0.345. The van der Waals surface area contributed by atoms with E-state index in [1.807, 2.05) is 30.3 Å². The molecule has 1 amide bonds. The number of para-hydroxylation sites is 1. The van der Waals surface area contributed by atoms with E-state index in [-0.39, 0.29) is 24.0 Å². The minimum absolute atomic E-state index is 0.0595. The molecule has 1 fully saturated rings. The average Bonchev–Trinajstić information content (AvgIpc) is 3.18. The number of halogens is 3. The van der Waals surface area contributed by atoms with Crippen LogP contribution in [0.25, 0.3) is 11.1 Å². The molecule has 0 spiro atoms. The number of amides is 1. The minimum atomic E-state index is -3.19. The third kappa shape index (κ3) is 6.31. The standard InChI is InChI=1S/C26H24Cl3NO4S/c1-17(34-25-5-3-2-4-23(25)28)26(31)30(21-12-13-35(32,33)16-21)15-18-6-8-19(9-7-18)22-11-10-20(27)14-24(22)29/h2-11,14,17,21H,12-13,15-16H2,1H3. The van der Waals surface area contributed by atoms with Gasteiger partial charge in [-0.1, -0.05) is 77.3 Å². The molecule has 4 rings (SSSR count). The van der Waals surface area contributed by atoms with Crippen molar-refractivity contribution in [3.05, 3.63) is 87.4 Å². The van der Waals surface area contributed by atoms with E-state index in [4.69, 9.17) is 39.5 Å². The van der Waals surface area contributed by atoms with Crippen molar-refractivity contribution in [1.29, 1.82) is 0 Å². The molecule has 1 aliphatic heterocycles. The van der Waals surface area contributed by atoms with Gasteiger partial charge in [0.05, 0.1) is 16.5 Å². The van der Waals surface area contributed by atoms with Gasteiger partial charge in [-0.25, -0.2) is 8.42 Å². The Kier molecular flexibility index (Phi) is 7.96. The van der Waals surface area contributed by atoms with Crippen molar-refractivity contribution in [1.82, 2.24) is 4.90 Å². The summed E-state index contributed by atoms with van der Waals surface area (Å²) >= 11 is 18.5. The lowest BCUT2D eigenvalue weighted by Gasteiger charge is -2.31. The second-order valence-electron chi connectivity index (χ2n) is 8.53. The molecule has 1 heterocycles. The highest BCUT2D eigenvalue weighted by atomic mass is 35.5. The van der Waals surface area contributed by atoms with Crippen LogP contribution in [-0.4, -0.2) is 42.9 Å². The van der Waals surface area contributed by atoms with Crippen molar-refractivity contribution in [2.45, 2.75) is 32.0 Å². The van der Waals surface area contributed by atoms with Crippen molar-refractivity contribution < 1.29 is 17.9 Å². The van der Waals surface area contributed by atoms with Crippen LogP contribution in [0, 0.1) is 0 Å². The zero-order valence-electron chi connectivity index (χ0n) is 19.0. The zero-order valence-corrected chi connectivity index (χ0v) is 22.0. The summed E-state index contributed by atoms with van der Waals surface area (Å²) in [5, 5.41) is 1.51. The molecule has 184 valence electrons. The van der Waals surface area contributed by atoms with E-state index in [1.54, 1.807) is 48.2 Å². The number of sulfone groups is 1. The zero-order chi connectivity index (χ0) is 25.2. The first kappa shape index (κ1) is 25.8. The van der Waals surface area contributed by atoms with Gasteiger partial charge in [0.1, 0.15) is 5.75 Å². The van der Waals surface area contributed by atoms with Gasteiger partial charge >= 0.3 is 0 Å². The minimum Gasteiger partial charge on any atom is -0.479 e. The first-order valence-electron chi connectivity index (χ1n) is 11.1. The lowest BCUT2D eigenvalue weighted by molar-refractivity contribution is -0.140. The van der Waals surface area contributed by atoms with Crippen LogP contribution in [0.4, 0.5) is 0 Å². The molecule has 2 atom stereocenters. The van der Waals surface area contributed by atoms with Gasteiger partial charge < -0.3 is 9.64 Å². The Bertz CT molecular complexity index is 1330. The molecule has 5 nitrogen and oxygen atoms in total. The van der Waals surface area contributed by atoms with E-state index in [0.29, 0.717) is 27.2 Å². The molecule has 3 aromatic carbocycles. The van der Waals surface area contributed by atoms with E-state index >= 15 is 0 Å². The van der Waals surface area contributed by atoms with Gasteiger partial charge in [-0.2, -0.15) is 0 Å². The van der Waals surface area contributed by atoms with Gasteiger partial charge in [0.25, 0.3) is 5.91 Å². The third-order valence-electron chi connectivity index (χ3n) is 5.97. The number of hydrogen-bond acceptors (Lipinski definition) is 4. The lowest BCUT2D eigenvalue weighted by atomic mass is 10.0. The fraction of sp³-hybridized carbons (Fsp3) is 0.269. The highest BCUT2D eigenvalue weighted by molar-refractivity contribution is 7.91. The number of carbonyl (C=O) groups is 1. The molecule has 9 heteroatoms. The first-order valence-corrected chi connectivity index (χ1v) is 14.0. The SMILES string of the molecule is CC(Oc1ccccc1Cl)C(=O)N(Cc1ccc(-c2ccc(Cl)cc2Cl)cc1)C1CCS(=O)(=O)C1.